The summed E-state index contributed by atoms with van der Waals surface area (Å²) < 4.78 is 0. The van der Waals surface area contributed by atoms with E-state index in [2.05, 4.69) is 48.2 Å². The van der Waals surface area contributed by atoms with Gasteiger partial charge in [0.1, 0.15) is 5.01 Å². The largest absolute Gasteiger partial charge is 0.353 e. The number of thiol groups is 1. The number of aryl methyl sites for hydroxylation is 2. The van der Waals surface area contributed by atoms with Crippen molar-refractivity contribution in [3.05, 3.63) is 64.8 Å². The highest BCUT2D eigenvalue weighted by atomic mass is 32.1. The second kappa shape index (κ2) is 11.0. The molecule has 5 nitrogen and oxygen atoms in total. The molecule has 0 saturated carbocycles. The standard InChI is InChI=1S/C27H30N4OS2/c1-4-7-12-29-26(32)20-15-21(30-25(20)24-17(5-2)9-8-10-23(24)33)22-16-34-27(31-22)18-11-13-28-19(6-3)14-18/h8-11,13-16,30,33H,4-7,12H2,1-3H3,(H,29,32). The van der Waals surface area contributed by atoms with Crippen LogP contribution < -0.4 is 5.32 Å². The van der Waals surface area contributed by atoms with Crippen molar-refractivity contribution in [2.75, 3.05) is 6.54 Å². The van der Waals surface area contributed by atoms with Crippen LogP contribution in [-0.2, 0) is 12.8 Å². The van der Waals surface area contributed by atoms with E-state index in [1.807, 2.05) is 35.8 Å². The molecule has 0 aliphatic rings. The fraction of sp³-hybridized carbons (Fsp3) is 0.296. The van der Waals surface area contributed by atoms with Gasteiger partial charge in [0, 0.05) is 39.8 Å². The summed E-state index contributed by atoms with van der Waals surface area (Å²) in [7, 11) is 0. The number of thiazole rings is 1. The van der Waals surface area contributed by atoms with Crippen LogP contribution in [0.15, 0.2) is 52.9 Å². The van der Waals surface area contributed by atoms with Gasteiger partial charge in [0.2, 0.25) is 0 Å². The molecule has 3 heterocycles. The van der Waals surface area contributed by atoms with Crippen LogP contribution in [0.3, 0.4) is 0 Å². The molecule has 0 aliphatic carbocycles. The number of aromatic amines is 1. The van der Waals surface area contributed by atoms with Crippen LogP contribution in [0.1, 0.15) is 55.2 Å². The van der Waals surface area contributed by atoms with Gasteiger partial charge in [0.05, 0.1) is 22.6 Å². The molecule has 0 bridgehead atoms. The number of hydrogen-bond acceptors (Lipinski definition) is 5. The van der Waals surface area contributed by atoms with Crippen LogP contribution in [0.25, 0.3) is 33.2 Å². The zero-order valence-electron chi connectivity index (χ0n) is 19.8. The molecule has 1 amide bonds. The molecule has 2 N–H and O–H groups in total. The maximum absolute atomic E-state index is 13.2. The van der Waals surface area contributed by atoms with Crippen LogP contribution in [0.5, 0.6) is 0 Å². The number of aromatic nitrogens is 3. The average molecular weight is 491 g/mol. The van der Waals surface area contributed by atoms with Crippen molar-refractivity contribution in [1.82, 2.24) is 20.3 Å². The average Bonchev–Trinajstić information content (AvgIpc) is 3.52. The molecular formula is C27H30N4OS2. The number of nitrogens with zero attached hydrogens (tertiary/aromatic N) is 2. The predicted molar refractivity (Wildman–Crippen MR) is 144 cm³/mol. The molecule has 0 atom stereocenters. The van der Waals surface area contributed by atoms with Crippen molar-refractivity contribution in [2.24, 2.45) is 0 Å². The van der Waals surface area contributed by atoms with E-state index in [1.165, 1.54) is 0 Å². The van der Waals surface area contributed by atoms with E-state index in [-0.39, 0.29) is 5.91 Å². The van der Waals surface area contributed by atoms with Crippen molar-refractivity contribution in [3.8, 4) is 33.2 Å². The summed E-state index contributed by atoms with van der Waals surface area (Å²) in [6.07, 6.45) is 5.53. The summed E-state index contributed by atoms with van der Waals surface area (Å²) in [6, 6.07) is 12.0. The summed E-state index contributed by atoms with van der Waals surface area (Å²) >= 11 is 6.32. The first-order chi connectivity index (χ1) is 16.5. The number of pyridine rings is 1. The Kier molecular flexibility index (Phi) is 7.85. The van der Waals surface area contributed by atoms with E-state index >= 15 is 0 Å². The second-order valence-electron chi connectivity index (χ2n) is 8.17. The predicted octanol–water partition coefficient (Wildman–Crippen LogP) is 6.81. The Labute approximate surface area is 210 Å². The minimum Gasteiger partial charge on any atom is -0.353 e. The first-order valence-electron chi connectivity index (χ1n) is 11.8. The van der Waals surface area contributed by atoms with Crippen molar-refractivity contribution in [3.63, 3.8) is 0 Å². The topological polar surface area (TPSA) is 70.7 Å². The molecular weight excluding hydrogens is 460 g/mol. The lowest BCUT2D eigenvalue weighted by Crippen LogP contribution is -2.24. The van der Waals surface area contributed by atoms with Crippen LogP contribution in [0.4, 0.5) is 0 Å². The number of unbranched alkanes of at least 4 members (excludes halogenated alkanes) is 1. The Bertz CT molecular complexity index is 1290. The Morgan fingerprint density at radius 1 is 1.15 bits per heavy atom. The summed E-state index contributed by atoms with van der Waals surface area (Å²) in [4.78, 5) is 26.8. The highest BCUT2D eigenvalue weighted by molar-refractivity contribution is 7.80. The fourth-order valence-electron chi connectivity index (χ4n) is 3.95. The summed E-state index contributed by atoms with van der Waals surface area (Å²) in [5.74, 6) is -0.0817. The molecule has 0 aliphatic heterocycles. The van der Waals surface area contributed by atoms with Crippen LogP contribution in [0, 0.1) is 0 Å². The van der Waals surface area contributed by atoms with Gasteiger partial charge in [-0.25, -0.2) is 4.98 Å². The number of nitrogens with one attached hydrogen (secondary N) is 2. The Morgan fingerprint density at radius 2 is 2.00 bits per heavy atom. The highest BCUT2D eigenvalue weighted by Crippen LogP contribution is 2.36. The Balaban J connectivity index is 1.77. The smallest absolute Gasteiger partial charge is 0.253 e. The number of carbonyl (C=O) groups excluding carboxylic acids is 1. The van der Waals surface area contributed by atoms with Gasteiger partial charge in [-0.05, 0) is 49.1 Å². The lowest BCUT2D eigenvalue weighted by Gasteiger charge is -2.12. The Hall–Kier alpha value is -2.90. The third-order valence-corrected chi connectivity index (χ3v) is 7.11. The first kappa shape index (κ1) is 24.2. The normalized spacial score (nSPS) is 11.1. The van der Waals surface area contributed by atoms with Gasteiger partial charge in [0.25, 0.3) is 5.91 Å². The van der Waals surface area contributed by atoms with Crippen molar-refractivity contribution < 1.29 is 4.79 Å². The molecule has 34 heavy (non-hydrogen) atoms. The van der Waals surface area contributed by atoms with Gasteiger partial charge in [-0.1, -0.05) is 39.3 Å². The SMILES string of the molecule is CCCCNC(=O)c1cc(-c2csc(-c3ccnc(CC)c3)n2)[nH]c1-c1c(S)cccc1CC. The van der Waals surface area contributed by atoms with Crippen LogP contribution in [-0.4, -0.2) is 27.4 Å². The van der Waals surface area contributed by atoms with Gasteiger partial charge in [-0.2, -0.15) is 0 Å². The molecule has 7 heteroatoms. The van der Waals surface area contributed by atoms with Crippen LogP contribution >= 0.6 is 24.0 Å². The van der Waals surface area contributed by atoms with E-state index in [0.717, 1.165) is 75.1 Å². The minimum atomic E-state index is -0.0817. The quantitative estimate of drug-likeness (QED) is 0.178. The highest BCUT2D eigenvalue weighted by Gasteiger charge is 2.22. The van der Waals surface area contributed by atoms with Gasteiger partial charge in [0.15, 0.2) is 0 Å². The second-order valence-corrected chi connectivity index (χ2v) is 9.51. The minimum absolute atomic E-state index is 0.0817. The zero-order chi connectivity index (χ0) is 24.1. The van der Waals surface area contributed by atoms with Crippen LogP contribution in [0.2, 0.25) is 0 Å². The monoisotopic (exact) mass is 490 g/mol. The third-order valence-electron chi connectivity index (χ3n) is 5.84. The molecule has 0 saturated heterocycles. The molecule has 1 aromatic carbocycles. The maximum atomic E-state index is 13.2. The first-order valence-corrected chi connectivity index (χ1v) is 13.1. The summed E-state index contributed by atoms with van der Waals surface area (Å²) in [5, 5.41) is 6.03. The molecule has 3 aromatic heterocycles. The number of amides is 1. The van der Waals surface area contributed by atoms with Gasteiger partial charge >= 0.3 is 0 Å². The van der Waals surface area contributed by atoms with E-state index < -0.39 is 0 Å². The molecule has 0 radical (unpaired) electrons. The molecule has 4 rings (SSSR count). The van der Waals surface area contributed by atoms with E-state index in [1.54, 1.807) is 11.3 Å². The van der Waals surface area contributed by atoms with E-state index in [0.29, 0.717) is 12.1 Å². The molecule has 0 fully saturated rings. The lowest BCUT2D eigenvalue weighted by atomic mass is 9.99. The van der Waals surface area contributed by atoms with Gasteiger partial charge < -0.3 is 10.3 Å². The Morgan fingerprint density at radius 3 is 2.76 bits per heavy atom. The summed E-state index contributed by atoms with van der Waals surface area (Å²) in [6.45, 7) is 6.98. The molecule has 4 aromatic rings. The molecule has 0 spiro atoms. The third kappa shape index (κ3) is 5.10. The number of benzene rings is 1. The van der Waals surface area contributed by atoms with E-state index in [4.69, 9.17) is 17.6 Å². The van der Waals surface area contributed by atoms with Crippen molar-refractivity contribution >= 4 is 29.9 Å². The number of hydrogen-bond donors (Lipinski definition) is 3. The number of rotatable bonds is 9. The summed E-state index contributed by atoms with van der Waals surface area (Å²) in [5.41, 5.74) is 7.26. The van der Waals surface area contributed by atoms with Crippen molar-refractivity contribution in [1.29, 1.82) is 0 Å². The van der Waals surface area contributed by atoms with Gasteiger partial charge in [-0.3, -0.25) is 9.78 Å². The molecule has 0 unspecified atom stereocenters. The number of carbonyl (C=O) groups is 1. The maximum Gasteiger partial charge on any atom is 0.253 e. The van der Waals surface area contributed by atoms with Crippen molar-refractivity contribution in [2.45, 2.75) is 51.3 Å². The van der Waals surface area contributed by atoms with Gasteiger partial charge in [-0.15, -0.1) is 24.0 Å². The zero-order valence-corrected chi connectivity index (χ0v) is 21.5. The lowest BCUT2D eigenvalue weighted by molar-refractivity contribution is 0.0954. The number of H-pyrrole nitrogens is 1. The van der Waals surface area contributed by atoms with E-state index in [9.17, 15) is 4.79 Å². The fourth-order valence-corrected chi connectivity index (χ4v) is 5.11. The molecule has 176 valence electrons.